The van der Waals surface area contributed by atoms with Crippen LogP contribution in [0.25, 0.3) is 0 Å². The molecule has 6 nitrogen and oxygen atoms in total. The van der Waals surface area contributed by atoms with Crippen LogP contribution in [0.1, 0.15) is 28.3 Å². The Hall–Kier alpha value is -1.47. The van der Waals surface area contributed by atoms with Crippen LogP contribution in [0.5, 0.6) is 0 Å². The van der Waals surface area contributed by atoms with Crippen LogP contribution in [0.3, 0.4) is 0 Å². The third-order valence-electron chi connectivity index (χ3n) is 2.55. The number of nitrogens with one attached hydrogen (secondary N) is 2. The van der Waals surface area contributed by atoms with Gasteiger partial charge in [-0.15, -0.1) is 11.3 Å². The van der Waals surface area contributed by atoms with Crippen molar-refractivity contribution in [2.75, 3.05) is 6.54 Å². The lowest BCUT2D eigenvalue weighted by atomic mass is 10.1. The number of nitrogens with two attached hydrogens (primary N) is 1. The molecule has 17 heavy (non-hydrogen) atoms. The molecule has 7 heteroatoms. The Bertz CT molecular complexity index is 432. The van der Waals surface area contributed by atoms with Crippen LogP contribution in [0.15, 0.2) is 5.38 Å². The van der Waals surface area contributed by atoms with Crippen LogP contribution in [0.4, 0.5) is 0 Å². The molecule has 0 aromatic carbocycles. The zero-order valence-electron chi connectivity index (χ0n) is 9.23. The third-order valence-corrected chi connectivity index (χ3v) is 3.42. The number of hydrogen-bond acceptors (Lipinski definition) is 5. The van der Waals surface area contributed by atoms with E-state index in [1.807, 2.05) is 0 Å². The summed E-state index contributed by atoms with van der Waals surface area (Å²) in [5.41, 5.74) is 5.75. The molecular weight excluding hydrogens is 240 g/mol. The van der Waals surface area contributed by atoms with Crippen molar-refractivity contribution in [1.29, 1.82) is 0 Å². The number of thiazole rings is 1. The van der Waals surface area contributed by atoms with Crippen molar-refractivity contribution in [2.24, 2.45) is 5.73 Å². The number of hydrogen-bond donors (Lipinski definition) is 3. The molecule has 0 spiro atoms. The van der Waals surface area contributed by atoms with E-state index in [1.165, 1.54) is 11.3 Å². The van der Waals surface area contributed by atoms with E-state index in [0.29, 0.717) is 30.2 Å². The maximum atomic E-state index is 11.8. The van der Waals surface area contributed by atoms with Crippen LogP contribution >= 0.6 is 11.3 Å². The molecule has 92 valence electrons. The van der Waals surface area contributed by atoms with Crippen molar-refractivity contribution in [3.05, 3.63) is 16.1 Å². The smallest absolute Gasteiger partial charge is 0.271 e. The van der Waals surface area contributed by atoms with Gasteiger partial charge < -0.3 is 16.4 Å². The first-order valence-corrected chi connectivity index (χ1v) is 6.31. The van der Waals surface area contributed by atoms with Gasteiger partial charge in [0.15, 0.2) is 0 Å². The summed E-state index contributed by atoms with van der Waals surface area (Å²) < 4.78 is 0. The molecule has 1 aliphatic rings. The second kappa shape index (κ2) is 5.24. The average molecular weight is 254 g/mol. The Kier molecular flexibility index (Phi) is 3.70. The number of amides is 2. The van der Waals surface area contributed by atoms with E-state index in [2.05, 4.69) is 15.6 Å². The van der Waals surface area contributed by atoms with E-state index < -0.39 is 6.04 Å². The second-order valence-electron chi connectivity index (χ2n) is 3.79. The first-order valence-electron chi connectivity index (χ1n) is 5.43. The van der Waals surface area contributed by atoms with Crippen molar-refractivity contribution >= 4 is 23.2 Å². The Labute approximate surface area is 103 Å². The molecule has 1 unspecified atom stereocenters. The summed E-state index contributed by atoms with van der Waals surface area (Å²) in [4.78, 5) is 27.3. The molecule has 0 saturated carbocycles. The van der Waals surface area contributed by atoms with E-state index in [4.69, 9.17) is 5.73 Å². The van der Waals surface area contributed by atoms with Crippen LogP contribution in [0, 0.1) is 0 Å². The Balaban J connectivity index is 1.98. The molecule has 1 fully saturated rings. The van der Waals surface area contributed by atoms with Gasteiger partial charge in [0, 0.05) is 18.5 Å². The molecule has 1 aliphatic heterocycles. The first kappa shape index (κ1) is 12.0. The summed E-state index contributed by atoms with van der Waals surface area (Å²) in [6.45, 7) is 1.00. The molecule has 1 atom stereocenters. The van der Waals surface area contributed by atoms with E-state index in [9.17, 15) is 9.59 Å². The van der Waals surface area contributed by atoms with Crippen LogP contribution in [0.2, 0.25) is 0 Å². The van der Waals surface area contributed by atoms with Crippen LogP contribution in [-0.4, -0.2) is 29.4 Å². The SMILES string of the molecule is NCc1nc(C(=O)NC2CCCNC2=O)cs1. The number of carbonyl (C=O) groups is 2. The maximum absolute atomic E-state index is 11.8. The Morgan fingerprint density at radius 3 is 3.18 bits per heavy atom. The number of rotatable bonds is 3. The lowest BCUT2D eigenvalue weighted by Gasteiger charge is -2.22. The van der Waals surface area contributed by atoms with Gasteiger partial charge in [0.25, 0.3) is 5.91 Å². The summed E-state index contributed by atoms with van der Waals surface area (Å²) >= 11 is 1.34. The number of carbonyl (C=O) groups excluding carboxylic acids is 2. The zero-order valence-corrected chi connectivity index (χ0v) is 10.0. The number of aromatic nitrogens is 1. The van der Waals surface area contributed by atoms with Gasteiger partial charge in [0.05, 0.1) is 0 Å². The van der Waals surface area contributed by atoms with E-state index >= 15 is 0 Å². The van der Waals surface area contributed by atoms with Crippen LogP contribution in [-0.2, 0) is 11.3 Å². The van der Waals surface area contributed by atoms with Gasteiger partial charge in [-0.25, -0.2) is 4.98 Å². The standard InChI is InChI=1S/C10H14N4O2S/c11-4-8-13-7(5-17-8)10(16)14-6-2-1-3-12-9(6)15/h5-6H,1-4,11H2,(H,12,15)(H,14,16). The van der Waals surface area contributed by atoms with E-state index in [-0.39, 0.29) is 11.8 Å². The minimum atomic E-state index is -0.445. The normalized spacial score (nSPS) is 19.8. The fourth-order valence-corrected chi connectivity index (χ4v) is 2.31. The summed E-state index contributed by atoms with van der Waals surface area (Å²) in [6, 6.07) is -0.445. The molecule has 0 bridgehead atoms. The molecule has 1 saturated heterocycles. The largest absolute Gasteiger partial charge is 0.354 e. The topological polar surface area (TPSA) is 97.1 Å². The molecule has 0 radical (unpaired) electrons. The highest BCUT2D eigenvalue weighted by atomic mass is 32.1. The van der Waals surface area contributed by atoms with Gasteiger partial charge in [-0.1, -0.05) is 0 Å². The highest BCUT2D eigenvalue weighted by Crippen LogP contribution is 2.10. The molecule has 1 aromatic rings. The highest BCUT2D eigenvalue weighted by Gasteiger charge is 2.24. The second-order valence-corrected chi connectivity index (χ2v) is 4.73. The fraction of sp³-hybridized carbons (Fsp3) is 0.500. The van der Waals surface area contributed by atoms with Crippen LogP contribution < -0.4 is 16.4 Å². The lowest BCUT2D eigenvalue weighted by Crippen LogP contribution is -2.50. The third kappa shape index (κ3) is 2.80. The summed E-state index contributed by atoms with van der Waals surface area (Å²) in [5.74, 6) is -0.443. The predicted octanol–water partition coefficient (Wildman–Crippen LogP) is -0.390. The first-order chi connectivity index (χ1) is 8.20. The summed E-state index contributed by atoms with van der Waals surface area (Å²) in [7, 11) is 0. The number of nitrogens with zero attached hydrogens (tertiary/aromatic N) is 1. The van der Waals surface area contributed by atoms with Gasteiger partial charge in [0.1, 0.15) is 16.7 Å². The highest BCUT2D eigenvalue weighted by molar-refractivity contribution is 7.09. The Morgan fingerprint density at radius 1 is 1.71 bits per heavy atom. The van der Waals surface area contributed by atoms with Gasteiger partial charge in [-0.05, 0) is 12.8 Å². The van der Waals surface area contributed by atoms with Gasteiger partial charge in [-0.2, -0.15) is 0 Å². The minimum Gasteiger partial charge on any atom is -0.354 e. The van der Waals surface area contributed by atoms with Gasteiger partial charge in [-0.3, -0.25) is 9.59 Å². The zero-order chi connectivity index (χ0) is 12.3. The molecule has 2 rings (SSSR count). The monoisotopic (exact) mass is 254 g/mol. The number of piperidine rings is 1. The molecule has 1 aromatic heterocycles. The molecular formula is C10H14N4O2S. The predicted molar refractivity (Wildman–Crippen MR) is 63.5 cm³/mol. The van der Waals surface area contributed by atoms with Crippen molar-refractivity contribution in [3.8, 4) is 0 Å². The quantitative estimate of drug-likeness (QED) is 0.684. The molecule has 2 amide bonds. The van der Waals surface area contributed by atoms with Crippen molar-refractivity contribution < 1.29 is 9.59 Å². The molecule has 4 N–H and O–H groups in total. The average Bonchev–Trinajstić information content (AvgIpc) is 2.81. The summed E-state index contributed by atoms with van der Waals surface area (Å²) in [6.07, 6.45) is 1.55. The van der Waals surface area contributed by atoms with Crippen molar-refractivity contribution in [2.45, 2.75) is 25.4 Å². The minimum absolute atomic E-state index is 0.126. The lowest BCUT2D eigenvalue weighted by molar-refractivity contribution is -0.124. The van der Waals surface area contributed by atoms with Gasteiger partial charge >= 0.3 is 0 Å². The molecule has 2 heterocycles. The molecule has 0 aliphatic carbocycles. The van der Waals surface area contributed by atoms with Crippen molar-refractivity contribution in [1.82, 2.24) is 15.6 Å². The maximum Gasteiger partial charge on any atom is 0.271 e. The van der Waals surface area contributed by atoms with E-state index in [0.717, 1.165) is 6.42 Å². The van der Waals surface area contributed by atoms with E-state index in [1.54, 1.807) is 5.38 Å². The fourth-order valence-electron chi connectivity index (χ4n) is 1.65. The van der Waals surface area contributed by atoms with Gasteiger partial charge in [0.2, 0.25) is 5.91 Å². The van der Waals surface area contributed by atoms with Crippen molar-refractivity contribution in [3.63, 3.8) is 0 Å². The summed E-state index contributed by atoms with van der Waals surface area (Å²) in [5, 5.41) is 7.75. The Morgan fingerprint density at radius 2 is 2.53 bits per heavy atom.